The van der Waals surface area contributed by atoms with E-state index < -0.39 is 11.6 Å². The number of rotatable bonds is 0. The Balaban J connectivity index is 2.03. The van der Waals surface area contributed by atoms with Gasteiger partial charge in [0, 0.05) is 12.8 Å². The molecular weight excluding hydrogens is 156 g/mol. The molecule has 3 heteroatoms. The van der Waals surface area contributed by atoms with Crippen LogP contribution in [0.3, 0.4) is 0 Å². The van der Waals surface area contributed by atoms with Crippen molar-refractivity contribution in [1.29, 1.82) is 0 Å². The van der Waals surface area contributed by atoms with Gasteiger partial charge in [-0.15, -0.1) is 0 Å². The van der Waals surface area contributed by atoms with Crippen molar-refractivity contribution >= 4 is 0 Å². The molecule has 1 aliphatic carbocycles. The lowest BCUT2D eigenvalue weighted by molar-refractivity contribution is -0.349. The molecule has 0 atom stereocenters. The van der Waals surface area contributed by atoms with Crippen LogP contribution in [0.25, 0.3) is 0 Å². The molecule has 1 saturated heterocycles. The maximum Gasteiger partial charge on any atom is 0.204 e. The first-order valence-electron chi connectivity index (χ1n) is 4.69. The van der Waals surface area contributed by atoms with Crippen molar-refractivity contribution in [2.45, 2.75) is 57.5 Å². The van der Waals surface area contributed by atoms with Crippen molar-refractivity contribution in [2.75, 3.05) is 0 Å². The summed E-state index contributed by atoms with van der Waals surface area (Å²) in [5.41, 5.74) is 0. The van der Waals surface area contributed by atoms with Gasteiger partial charge >= 0.3 is 0 Å². The van der Waals surface area contributed by atoms with Gasteiger partial charge in [-0.2, -0.15) is 9.78 Å². The summed E-state index contributed by atoms with van der Waals surface area (Å²) >= 11 is 0. The van der Waals surface area contributed by atoms with Crippen LogP contribution in [0.1, 0.15) is 46.0 Å². The highest BCUT2D eigenvalue weighted by molar-refractivity contribution is 4.79. The second-order valence-corrected chi connectivity index (χ2v) is 4.14. The van der Waals surface area contributed by atoms with E-state index in [1.165, 1.54) is 19.3 Å². The summed E-state index contributed by atoms with van der Waals surface area (Å²) in [6, 6.07) is 0. The highest BCUT2D eigenvalue weighted by atomic mass is 17.3. The molecule has 1 saturated carbocycles. The molecule has 12 heavy (non-hydrogen) atoms. The van der Waals surface area contributed by atoms with E-state index in [4.69, 9.17) is 14.5 Å². The molecule has 0 radical (unpaired) electrons. The van der Waals surface area contributed by atoms with Crippen LogP contribution in [0, 0.1) is 0 Å². The van der Waals surface area contributed by atoms with Gasteiger partial charge in [-0.25, -0.2) is 0 Å². The summed E-state index contributed by atoms with van der Waals surface area (Å²) in [5, 5.41) is 0. The Hall–Kier alpha value is -0.120. The average Bonchev–Trinajstić information content (AvgIpc) is 2.29. The molecule has 0 aromatic rings. The third kappa shape index (κ3) is 1.49. The minimum Gasteiger partial charge on any atom is -0.313 e. The van der Waals surface area contributed by atoms with E-state index in [1.807, 2.05) is 13.8 Å². The van der Waals surface area contributed by atoms with Gasteiger partial charge in [0.1, 0.15) is 0 Å². The second kappa shape index (κ2) is 2.69. The summed E-state index contributed by atoms with van der Waals surface area (Å²) in [5.74, 6) is -0.973. The first kappa shape index (κ1) is 8.48. The molecule has 0 amide bonds. The Kier molecular flexibility index (Phi) is 1.90. The van der Waals surface area contributed by atoms with Crippen LogP contribution in [0.2, 0.25) is 0 Å². The minimum absolute atomic E-state index is 0.415. The molecule has 0 aromatic carbocycles. The molecule has 1 aliphatic heterocycles. The predicted octanol–water partition coefficient (Wildman–Crippen LogP) is 2.36. The van der Waals surface area contributed by atoms with Crippen LogP contribution in [0.5, 0.6) is 0 Å². The number of hydrogen-bond donors (Lipinski definition) is 0. The van der Waals surface area contributed by atoms with Crippen LogP contribution >= 0.6 is 0 Å². The number of hydrogen-bond acceptors (Lipinski definition) is 3. The van der Waals surface area contributed by atoms with E-state index in [1.54, 1.807) is 0 Å². The summed E-state index contributed by atoms with van der Waals surface area (Å²) < 4.78 is 5.73. The summed E-state index contributed by atoms with van der Waals surface area (Å²) in [6.07, 6.45) is 5.58. The maximum atomic E-state index is 5.73. The van der Waals surface area contributed by atoms with Gasteiger partial charge in [-0.3, -0.25) is 0 Å². The largest absolute Gasteiger partial charge is 0.313 e. The molecule has 0 N–H and O–H groups in total. The van der Waals surface area contributed by atoms with E-state index in [0.717, 1.165) is 12.8 Å². The minimum atomic E-state index is -0.558. The highest BCUT2D eigenvalue weighted by Gasteiger charge is 2.48. The fraction of sp³-hybridized carbons (Fsp3) is 1.00. The van der Waals surface area contributed by atoms with E-state index in [0.29, 0.717) is 0 Å². The molecule has 1 heterocycles. The highest BCUT2D eigenvalue weighted by Crippen LogP contribution is 2.41. The van der Waals surface area contributed by atoms with Crippen molar-refractivity contribution in [1.82, 2.24) is 0 Å². The third-order valence-electron chi connectivity index (χ3n) is 2.44. The second-order valence-electron chi connectivity index (χ2n) is 4.14. The normalized spacial score (nSPS) is 32.5. The van der Waals surface area contributed by atoms with Crippen molar-refractivity contribution in [2.24, 2.45) is 0 Å². The molecule has 1 spiro atoms. The zero-order valence-electron chi connectivity index (χ0n) is 7.76. The average molecular weight is 172 g/mol. The van der Waals surface area contributed by atoms with Crippen molar-refractivity contribution in [3.8, 4) is 0 Å². The van der Waals surface area contributed by atoms with Gasteiger partial charge in [-0.05, 0) is 26.7 Å². The lowest BCUT2D eigenvalue weighted by Crippen LogP contribution is -2.35. The van der Waals surface area contributed by atoms with Gasteiger partial charge in [-0.1, -0.05) is 6.42 Å². The Bertz CT molecular complexity index is 171. The van der Waals surface area contributed by atoms with Crippen LogP contribution in [-0.4, -0.2) is 11.6 Å². The Labute approximate surface area is 72.9 Å². The van der Waals surface area contributed by atoms with Gasteiger partial charge in [0.05, 0.1) is 0 Å². The van der Waals surface area contributed by atoms with Gasteiger partial charge in [0.25, 0.3) is 0 Å². The van der Waals surface area contributed by atoms with E-state index >= 15 is 0 Å². The summed E-state index contributed by atoms with van der Waals surface area (Å²) in [4.78, 5) is 10.4. The lowest BCUT2D eigenvalue weighted by atomic mass is 9.94. The van der Waals surface area contributed by atoms with E-state index in [-0.39, 0.29) is 0 Å². The number of ether oxygens (including phenoxy) is 1. The maximum absolute atomic E-state index is 5.73. The summed E-state index contributed by atoms with van der Waals surface area (Å²) in [7, 11) is 0. The molecule has 2 rings (SSSR count). The molecule has 2 aliphatic rings. The Morgan fingerprint density at radius 3 is 2.08 bits per heavy atom. The zero-order chi connectivity index (χ0) is 8.66. The van der Waals surface area contributed by atoms with Crippen molar-refractivity contribution in [3.63, 3.8) is 0 Å². The van der Waals surface area contributed by atoms with Crippen molar-refractivity contribution < 1.29 is 14.5 Å². The van der Waals surface area contributed by atoms with Gasteiger partial charge in [0.2, 0.25) is 5.79 Å². The SMILES string of the molecule is CC1(C)OOC2(CCCCC2)O1. The topological polar surface area (TPSA) is 27.7 Å². The molecule has 3 nitrogen and oxygen atoms in total. The predicted molar refractivity (Wildman–Crippen MR) is 43.2 cm³/mol. The van der Waals surface area contributed by atoms with Gasteiger partial charge in [0.15, 0.2) is 5.79 Å². The molecule has 70 valence electrons. The first-order valence-corrected chi connectivity index (χ1v) is 4.69. The van der Waals surface area contributed by atoms with E-state index in [9.17, 15) is 0 Å². The smallest absolute Gasteiger partial charge is 0.204 e. The molecule has 0 bridgehead atoms. The Morgan fingerprint density at radius 1 is 0.917 bits per heavy atom. The quantitative estimate of drug-likeness (QED) is 0.525. The molecule has 2 fully saturated rings. The first-order chi connectivity index (χ1) is 5.62. The summed E-state index contributed by atoms with van der Waals surface area (Å²) in [6.45, 7) is 3.77. The monoisotopic (exact) mass is 172 g/mol. The van der Waals surface area contributed by atoms with Gasteiger partial charge < -0.3 is 4.74 Å². The lowest BCUT2D eigenvalue weighted by Gasteiger charge is -2.29. The van der Waals surface area contributed by atoms with E-state index in [2.05, 4.69) is 0 Å². The fourth-order valence-electron chi connectivity index (χ4n) is 1.93. The third-order valence-corrected chi connectivity index (χ3v) is 2.44. The standard InChI is InChI=1S/C9H16O3/c1-8(2)10-9(12-11-8)6-4-3-5-7-9/h3-7H2,1-2H3. The molecular formula is C9H16O3. The molecule has 0 aromatic heterocycles. The van der Waals surface area contributed by atoms with Crippen LogP contribution in [0.4, 0.5) is 0 Å². The zero-order valence-corrected chi connectivity index (χ0v) is 7.76. The van der Waals surface area contributed by atoms with Crippen LogP contribution in [0.15, 0.2) is 0 Å². The van der Waals surface area contributed by atoms with Crippen LogP contribution < -0.4 is 0 Å². The van der Waals surface area contributed by atoms with Crippen molar-refractivity contribution in [3.05, 3.63) is 0 Å². The Morgan fingerprint density at radius 2 is 1.58 bits per heavy atom. The van der Waals surface area contributed by atoms with Crippen LogP contribution in [-0.2, 0) is 14.5 Å². The fourth-order valence-corrected chi connectivity index (χ4v) is 1.93. The molecule has 0 unspecified atom stereocenters.